The van der Waals surface area contributed by atoms with Crippen molar-refractivity contribution in [2.24, 2.45) is 0 Å². The van der Waals surface area contributed by atoms with E-state index in [1.54, 1.807) is 12.1 Å². The predicted octanol–water partition coefficient (Wildman–Crippen LogP) is 3.27. The lowest BCUT2D eigenvalue weighted by atomic mass is 10.2. The van der Waals surface area contributed by atoms with E-state index in [1.165, 1.54) is 0 Å². The van der Waals surface area contributed by atoms with Crippen LogP contribution in [0.4, 0.5) is 0 Å². The minimum atomic E-state index is -0.995. The number of pyridine rings is 1. The Bertz CT molecular complexity index is 613. The number of carboxylic acid groups (broad SMARTS) is 1. The van der Waals surface area contributed by atoms with Gasteiger partial charge in [-0.2, -0.15) is 0 Å². The molecule has 4 nitrogen and oxygen atoms in total. The zero-order valence-corrected chi connectivity index (χ0v) is 12.4. The minimum Gasteiger partial charge on any atom is -0.486 e. The number of halogens is 1. The van der Waals surface area contributed by atoms with E-state index in [9.17, 15) is 4.79 Å². The van der Waals surface area contributed by atoms with Gasteiger partial charge in [0.05, 0.1) is 5.69 Å². The molecule has 2 rings (SSSR count). The maximum absolute atomic E-state index is 11.1. The van der Waals surface area contributed by atoms with Crippen LogP contribution in [0.3, 0.4) is 0 Å². The van der Waals surface area contributed by atoms with E-state index < -0.39 is 5.97 Å². The van der Waals surface area contributed by atoms with Crippen LogP contribution in [0.25, 0.3) is 0 Å². The highest BCUT2D eigenvalue weighted by Gasteiger charge is 2.12. The Kier molecular flexibility index (Phi) is 4.36. The molecule has 0 unspecified atom stereocenters. The van der Waals surface area contributed by atoms with E-state index in [-0.39, 0.29) is 12.2 Å². The van der Waals surface area contributed by atoms with E-state index in [1.807, 2.05) is 31.2 Å². The normalized spacial score (nSPS) is 10.2. The Hall–Kier alpha value is -1.63. The van der Waals surface area contributed by atoms with Gasteiger partial charge in [0.2, 0.25) is 0 Å². The Balaban J connectivity index is 2.17. The molecule has 0 fully saturated rings. The SMILES string of the molecule is Cc1cccc(COc2ccc(I)cc2C(=O)O)n1. The Morgan fingerprint density at radius 2 is 2.16 bits per heavy atom. The van der Waals surface area contributed by atoms with Crippen LogP contribution >= 0.6 is 22.6 Å². The summed E-state index contributed by atoms with van der Waals surface area (Å²) in [5, 5.41) is 9.13. The Morgan fingerprint density at radius 3 is 2.84 bits per heavy atom. The third-order valence-corrected chi connectivity index (χ3v) is 3.16. The van der Waals surface area contributed by atoms with Crippen LogP contribution in [-0.2, 0) is 6.61 Å². The van der Waals surface area contributed by atoms with Gasteiger partial charge in [-0.05, 0) is 59.8 Å². The van der Waals surface area contributed by atoms with Crippen LogP contribution in [0, 0.1) is 10.5 Å². The van der Waals surface area contributed by atoms with Crippen LogP contribution in [0.15, 0.2) is 36.4 Å². The van der Waals surface area contributed by atoms with Gasteiger partial charge in [-0.15, -0.1) is 0 Å². The third-order valence-electron chi connectivity index (χ3n) is 2.49. The highest BCUT2D eigenvalue weighted by molar-refractivity contribution is 14.1. The largest absolute Gasteiger partial charge is 0.486 e. The summed E-state index contributed by atoms with van der Waals surface area (Å²) in [6, 6.07) is 10.7. The summed E-state index contributed by atoms with van der Waals surface area (Å²) in [4.78, 5) is 15.4. The summed E-state index contributed by atoms with van der Waals surface area (Å²) in [6.45, 7) is 2.15. The lowest BCUT2D eigenvalue weighted by Crippen LogP contribution is -2.05. The molecule has 5 heteroatoms. The first-order chi connectivity index (χ1) is 9.06. The number of benzene rings is 1. The van der Waals surface area contributed by atoms with Crippen LogP contribution in [0.1, 0.15) is 21.7 Å². The van der Waals surface area contributed by atoms with Gasteiger partial charge in [-0.3, -0.25) is 4.98 Å². The fourth-order valence-electron chi connectivity index (χ4n) is 1.63. The first-order valence-corrected chi connectivity index (χ1v) is 6.72. The van der Waals surface area contributed by atoms with E-state index in [0.717, 1.165) is 15.0 Å². The summed E-state index contributed by atoms with van der Waals surface area (Å²) >= 11 is 2.07. The van der Waals surface area contributed by atoms with Crippen molar-refractivity contribution in [1.82, 2.24) is 4.98 Å². The van der Waals surface area contributed by atoms with Crippen LogP contribution in [0.5, 0.6) is 5.75 Å². The number of nitrogens with zero attached hydrogens (tertiary/aromatic N) is 1. The molecule has 0 atom stereocenters. The van der Waals surface area contributed by atoms with Gasteiger partial charge in [0.25, 0.3) is 0 Å². The molecule has 0 aliphatic heterocycles. The number of aromatic nitrogens is 1. The van der Waals surface area contributed by atoms with Gasteiger partial charge in [-0.25, -0.2) is 4.79 Å². The van der Waals surface area contributed by atoms with Gasteiger partial charge in [0.1, 0.15) is 17.9 Å². The molecule has 1 heterocycles. The molecule has 98 valence electrons. The smallest absolute Gasteiger partial charge is 0.339 e. The van der Waals surface area contributed by atoms with Gasteiger partial charge < -0.3 is 9.84 Å². The first-order valence-electron chi connectivity index (χ1n) is 5.64. The number of hydrogen-bond acceptors (Lipinski definition) is 3. The molecule has 1 aromatic heterocycles. The van der Waals surface area contributed by atoms with Gasteiger partial charge in [-0.1, -0.05) is 6.07 Å². The molecule has 0 saturated carbocycles. The summed E-state index contributed by atoms with van der Waals surface area (Å²) in [5.41, 5.74) is 1.84. The molecular weight excluding hydrogens is 357 g/mol. The van der Waals surface area contributed by atoms with Crippen molar-refractivity contribution >= 4 is 28.6 Å². The number of carbonyl (C=O) groups is 1. The fourth-order valence-corrected chi connectivity index (χ4v) is 2.12. The molecular formula is C14H12INO3. The molecule has 0 spiro atoms. The second kappa shape index (κ2) is 6.01. The Labute approximate surface area is 124 Å². The number of aromatic carboxylic acids is 1. The highest BCUT2D eigenvalue weighted by Crippen LogP contribution is 2.22. The summed E-state index contributed by atoms with van der Waals surface area (Å²) in [7, 11) is 0. The molecule has 2 aromatic rings. The number of rotatable bonds is 4. The van der Waals surface area contributed by atoms with Crippen molar-refractivity contribution in [3.05, 3.63) is 56.9 Å². The van der Waals surface area contributed by atoms with Crippen molar-refractivity contribution in [3.63, 3.8) is 0 Å². The number of aryl methyl sites for hydroxylation is 1. The van der Waals surface area contributed by atoms with E-state index in [2.05, 4.69) is 27.6 Å². The van der Waals surface area contributed by atoms with Gasteiger partial charge >= 0.3 is 5.97 Å². The van der Waals surface area contributed by atoms with Crippen molar-refractivity contribution in [2.45, 2.75) is 13.5 Å². The van der Waals surface area contributed by atoms with E-state index in [0.29, 0.717) is 5.75 Å². The quantitative estimate of drug-likeness (QED) is 0.841. The average molecular weight is 369 g/mol. The van der Waals surface area contributed by atoms with E-state index >= 15 is 0 Å². The predicted molar refractivity (Wildman–Crippen MR) is 79.4 cm³/mol. The summed E-state index contributed by atoms with van der Waals surface area (Å²) < 4.78 is 6.41. The molecule has 0 saturated heterocycles. The number of ether oxygens (including phenoxy) is 1. The van der Waals surface area contributed by atoms with Crippen LogP contribution in [-0.4, -0.2) is 16.1 Å². The Morgan fingerprint density at radius 1 is 1.37 bits per heavy atom. The van der Waals surface area contributed by atoms with Crippen LogP contribution in [0.2, 0.25) is 0 Å². The van der Waals surface area contributed by atoms with Crippen LogP contribution < -0.4 is 4.74 Å². The molecule has 0 bridgehead atoms. The molecule has 1 N–H and O–H groups in total. The lowest BCUT2D eigenvalue weighted by Gasteiger charge is -2.09. The molecule has 0 aliphatic carbocycles. The number of hydrogen-bond donors (Lipinski definition) is 1. The lowest BCUT2D eigenvalue weighted by molar-refractivity contribution is 0.0691. The van der Waals surface area contributed by atoms with Crippen molar-refractivity contribution in [2.75, 3.05) is 0 Å². The zero-order valence-electron chi connectivity index (χ0n) is 10.3. The maximum Gasteiger partial charge on any atom is 0.339 e. The average Bonchev–Trinajstić information content (AvgIpc) is 2.37. The topological polar surface area (TPSA) is 59.4 Å². The molecule has 0 amide bonds. The summed E-state index contributed by atoms with van der Waals surface area (Å²) in [6.07, 6.45) is 0. The van der Waals surface area contributed by atoms with Crippen molar-refractivity contribution in [1.29, 1.82) is 0 Å². The van der Waals surface area contributed by atoms with Crippen molar-refractivity contribution < 1.29 is 14.6 Å². The maximum atomic E-state index is 11.1. The fraction of sp³-hybridized carbons (Fsp3) is 0.143. The molecule has 1 aromatic carbocycles. The monoisotopic (exact) mass is 369 g/mol. The highest BCUT2D eigenvalue weighted by atomic mass is 127. The van der Waals surface area contributed by atoms with Gasteiger partial charge in [0.15, 0.2) is 0 Å². The first kappa shape index (κ1) is 13.8. The standard InChI is InChI=1S/C14H12INO3/c1-9-3-2-4-11(16-9)8-19-13-6-5-10(15)7-12(13)14(17)18/h2-7H,8H2,1H3,(H,17,18). The zero-order chi connectivity index (χ0) is 13.8. The number of carboxylic acids is 1. The molecule has 0 aliphatic rings. The molecule has 0 radical (unpaired) electrons. The minimum absolute atomic E-state index is 0.166. The van der Waals surface area contributed by atoms with E-state index in [4.69, 9.17) is 9.84 Å². The third kappa shape index (κ3) is 3.66. The summed E-state index contributed by atoms with van der Waals surface area (Å²) in [5.74, 6) is -0.637. The van der Waals surface area contributed by atoms with Gasteiger partial charge in [0, 0.05) is 9.26 Å². The second-order valence-electron chi connectivity index (χ2n) is 4.00. The van der Waals surface area contributed by atoms with Crippen molar-refractivity contribution in [3.8, 4) is 5.75 Å². The second-order valence-corrected chi connectivity index (χ2v) is 5.25. The molecule has 19 heavy (non-hydrogen) atoms.